The Morgan fingerprint density at radius 3 is 2.03 bits per heavy atom. The number of hydrogen-bond donors (Lipinski definition) is 4. The fourth-order valence-electron chi connectivity index (χ4n) is 11.6. The van der Waals surface area contributed by atoms with E-state index in [0.29, 0.717) is 25.7 Å². The molecule has 1 aliphatic heterocycles. The minimum atomic E-state index is -2.30. The van der Waals surface area contributed by atoms with Gasteiger partial charge in [0, 0.05) is 32.1 Å². The molecule has 1 heterocycles. The number of aliphatic hydroxyl groups excluding tert-OH is 2. The lowest BCUT2D eigenvalue weighted by Crippen LogP contribution is -2.82. The molecule has 1 saturated heterocycles. The van der Waals surface area contributed by atoms with Gasteiger partial charge in [0.15, 0.2) is 23.6 Å². The number of ketones is 1. The lowest BCUT2D eigenvalue weighted by Gasteiger charge is -2.67. The van der Waals surface area contributed by atoms with Crippen LogP contribution < -0.4 is 5.32 Å². The minimum absolute atomic E-state index is 0.0589. The molecule has 4 N–H and O–H groups in total. The van der Waals surface area contributed by atoms with Crippen LogP contribution in [0, 0.1) is 28.6 Å². The zero-order valence-electron chi connectivity index (χ0n) is 37.2. The third-order valence-corrected chi connectivity index (χ3v) is 14.8. The summed E-state index contributed by atoms with van der Waals surface area (Å²) >= 11 is 0. The normalized spacial score (nSPS) is 36.3. The molecule has 0 aromatic rings. The van der Waals surface area contributed by atoms with Gasteiger partial charge in [-0.25, -0.2) is 9.59 Å². The Hall–Kier alpha value is -3.60. The SMILES string of the molecule is CC(=O)OC1C(=O)C2(C)C(O)CC3OCC3(OC(C)=O)C2C(OC(=O)C2CCCCC2)C2(O)CC(OC(=O)C(O)C(NC(=O)OC(C)(C)C)C3CCCCC3)C(C)=C1C2(C)C. The Morgan fingerprint density at radius 2 is 1.49 bits per heavy atom. The minimum Gasteiger partial charge on any atom is -0.459 e. The van der Waals surface area contributed by atoms with Gasteiger partial charge >= 0.3 is 30.0 Å². The van der Waals surface area contributed by atoms with Crippen LogP contribution in [0.2, 0.25) is 0 Å². The smallest absolute Gasteiger partial charge is 0.407 e. The highest BCUT2D eigenvalue weighted by Gasteiger charge is 2.78. The van der Waals surface area contributed by atoms with Crippen LogP contribution in [0.3, 0.4) is 0 Å². The van der Waals surface area contributed by atoms with Gasteiger partial charge in [-0.3, -0.25) is 19.2 Å². The highest BCUT2D eigenvalue weighted by molar-refractivity contribution is 5.95. The number of carbonyl (C=O) groups excluding carboxylic acids is 6. The summed E-state index contributed by atoms with van der Waals surface area (Å²) < 4.78 is 36.1. The maximum absolute atomic E-state index is 15.5. The number of hydrogen-bond acceptors (Lipinski definition) is 15. The number of alkyl carbamates (subject to hydrolysis) is 1. The van der Waals surface area contributed by atoms with Crippen LogP contribution in [-0.4, -0.2) is 117 Å². The predicted octanol–water partition coefficient (Wildman–Crippen LogP) is 4.30. The summed E-state index contributed by atoms with van der Waals surface area (Å²) in [4.78, 5) is 83.3. The van der Waals surface area contributed by atoms with Crippen LogP contribution in [0.1, 0.15) is 139 Å². The van der Waals surface area contributed by atoms with E-state index in [1.54, 1.807) is 41.5 Å². The Morgan fingerprint density at radius 1 is 0.885 bits per heavy atom. The molecule has 61 heavy (non-hydrogen) atoms. The monoisotopic (exact) mass is 861 g/mol. The summed E-state index contributed by atoms with van der Waals surface area (Å²) in [5.41, 5.74) is -8.16. The van der Waals surface area contributed by atoms with Crippen molar-refractivity contribution < 1.29 is 72.5 Å². The van der Waals surface area contributed by atoms with Gasteiger partial charge < -0.3 is 49.1 Å². The van der Waals surface area contributed by atoms with E-state index in [1.165, 1.54) is 13.8 Å². The first-order valence-corrected chi connectivity index (χ1v) is 22.1. The van der Waals surface area contributed by atoms with Gasteiger partial charge in [0.1, 0.15) is 29.5 Å². The maximum Gasteiger partial charge on any atom is 0.407 e. The van der Waals surface area contributed by atoms with Crippen molar-refractivity contribution in [3.8, 4) is 0 Å². The fourth-order valence-corrected chi connectivity index (χ4v) is 11.6. The molecule has 0 aromatic heterocycles. The second-order valence-corrected chi connectivity index (χ2v) is 20.2. The number of ether oxygens (including phenoxy) is 6. The summed E-state index contributed by atoms with van der Waals surface area (Å²) in [5, 5.41) is 40.3. The van der Waals surface area contributed by atoms with Crippen molar-refractivity contribution in [2.45, 2.75) is 199 Å². The summed E-state index contributed by atoms with van der Waals surface area (Å²) in [6, 6.07) is -1.10. The van der Waals surface area contributed by atoms with E-state index in [-0.39, 0.29) is 30.1 Å². The third-order valence-electron chi connectivity index (χ3n) is 14.8. The molecule has 16 heteroatoms. The fraction of sp³-hybridized carbons (Fsp3) is 0.822. The van der Waals surface area contributed by atoms with E-state index in [1.807, 2.05) is 0 Å². The zero-order valence-corrected chi connectivity index (χ0v) is 37.2. The molecule has 11 atom stereocenters. The van der Waals surface area contributed by atoms with Gasteiger partial charge in [-0.15, -0.1) is 0 Å². The average Bonchev–Trinajstić information content (AvgIpc) is 3.17. The van der Waals surface area contributed by atoms with Crippen LogP contribution >= 0.6 is 0 Å². The maximum atomic E-state index is 15.5. The predicted molar refractivity (Wildman–Crippen MR) is 215 cm³/mol. The van der Waals surface area contributed by atoms with E-state index in [2.05, 4.69) is 5.32 Å². The van der Waals surface area contributed by atoms with Gasteiger partial charge in [-0.2, -0.15) is 0 Å². The van der Waals surface area contributed by atoms with Gasteiger partial charge in [0.2, 0.25) is 0 Å². The molecule has 6 rings (SSSR count). The highest BCUT2D eigenvalue weighted by atomic mass is 16.6. The second-order valence-electron chi connectivity index (χ2n) is 20.2. The first kappa shape index (κ1) is 46.9. The van der Waals surface area contributed by atoms with Crippen molar-refractivity contribution >= 4 is 35.8 Å². The van der Waals surface area contributed by atoms with Crippen molar-refractivity contribution in [1.29, 1.82) is 0 Å². The first-order chi connectivity index (χ1) is 28.4. The van der Waals surface area contributed by atoms with E-state index >= 15 is 4.79 Å². The van der Waals surface area contributed by atoms with Crippen LogP contribution in [0.5, 0.6) is 0 Å². The summed E-state index contributed by atoms with van der Waals surface area (Å²) in [7, 11) is 0. The first-order valence-electron chi connectivity index (χ1n) is 22.1. The molecule has 5 fully saturated rings. The summed E-state index contributed by atoms with van der Waals surface area (Å²) in [6.07, 6.45) is -3.39. The van der Waals surface area contributed by atoms with Crippen molar-refractivity contribution in [2.75, 3.05) is 6.61 Å². The highest BCUT2D eigenvalue weighted by Crippen LogP contribution is 2.64. The lowest BCUT2D eigenvalue weighted by molar-refractivity contribution is -0.347. The van der Waals surface area contributed by atoms with E-state index in [0.717, 1.165) is 45.4 Å². The van der Waals surface area contributed by atoms with E-state index in [9.17, 15) is 39.3 Å². The molecule has 342 valence electrons. The van der Waals surface area contributed by atoms with Gasteiger partial charge in [0.25, 0.3) is 0 Å². The molecule has 0 radical (unpaired) electrons. The third kappa shape index (κ3) is 8.47. The number of nitrogens with one attached hydrogen (secondary N) is 1. The summed E-state index contributed by atoms with van der Waals surface area (Å²) in [6.45, 7) is 13.4. The largest absolute Gasteiger partial charge is 0.459 e. The Labute approximate surface area is 358 Å². The molecule has 0 spiro atoms. The molecule has 0 aromatic carbocycles. The van der Waals surface area contributed by atoms with E-state index in [4.69, 9.17) is 28.4 Å². The van der Waals surface area contributed by atoms with Gasteiger partial charge in [-0.05, 0) is 77.4 Å². The molecule has 1 amide bonds. The Kier molecular flexibility index (Phi) is 13.2. The van der Waals surface area contributed by atoms with Crippen molar-refractivity contribution in [1.82, 2.24) is 5.32 Å². The van der Waals surface area contributed by atoms with Crippen LogP contribution in [0.25, 0.3) is 0 Å². The molecule has 16 nitrogen and oxygen atoms in total. The van der Waals surface area contributed by atoms with Crippen molar-refractivity contribution in [2.24, 2.45) is 28.6 Å². The average molecular weight is 862 g/mol. The van der Waals surface area contributed by atoms with E-state index < -0.39 is 124 Å². The van der Waals surface area contributed by atoms with Gasteiger partial charge in [-0.1, -0.05) is 52.4 Å². The molecule has 4 saturated carbocycles. The van der Waals surface area contributed by atoms with Crippen molar-refractivity contribution in [3.05, 3.63) is 11.1 Å². The van der Waals surface area contributed by atoms with Crippen LogP contribution in [0.15, 0.2) is 11.1 Å². The van der Waals surface area contributed by atoms with Crippen LogP contribution in [0.4, 0.5) is 4.79 Å². The zero-order chi connectivity index (χ0) is 45.0. The van der Waals surface area contributed by atoms with Gasteiger partial charge in [0.05, 0.1) is 36.0 Å². The number of fused-ring (bicyclic) bond motifs is 5. The Bertz CT molecular complexity index is 1770. The standard InChI is InChI=1S/C45H67NO15/c1-23-28(58-39(53)33(50)32(26-16-12-10-13-17-26)46-40(54)61-41(4,5)6)21-45(55)37(59-38(52)27-18-14-11-15-19-27)35-43(9,29(49)20-30-44(35,22-56-30)60-25(3)48)36(51)34(57-24(2)47)31(23)42(45,7)8/h26-30,32-35,37,49-50,55H,10-22H2,1-9H3,(H,46,54). The number of aliphatic hydroxyl groups is 3. The number of rotatable bonds is 9. The number of amides is 1. The quantitative estimate of drug-likeness (QED) is 0.144. The molecule has 5 aliphatic carbocycles. The Balaban J connectivity index is 1.50. The number of Topliss-reactive ketones (excluding diaryl/α,β-unsaturated/α-hetero) is 1. The van der Waals surface area contributed by atoms with Crippen LogP contribution in [-0.2, 0) is 52.4 Å². The molecule has 6 aliphatic rings. The molecular weight excluding hydrogens is 794 g/mol. The second kappa shape index (κ2) is 17.2. The topological polar surface area (TPSA) is 231 Å². The number of esters is 4. The lowest BCUT2D eigenvalue weighted by atomic mass is 9.44. The molecular formula is C45H67NO15. The molecule has 2 bridgehead atoms. The molecule has 11 unspecified atom stereocenters. The number of carbonyl (C=O) groups is 6. The van der Waals surface area contributed by atoms with Crippen molar-refractivity contribution in [3.63, 3.8) is 0 Å². The summed E-state index contributed by atoms with van der Waals surface area (Å²) in [5.74, 6) is -6.50.